The summed E-state index contributed by atoms with van der Waals surface area (Å²) in [5.41, 5.74) is 0.729. The fraction of sp³-hybridized carbons (Fsp3) is 0.385. The van der Waals surface area contributed by atoms with Crippen molar-refractivity contribution in [2.24, 2.45) is 0 Å². The molecule has 0 aromatic heterocycles. The molecule has 0 saturated carbocycles. The minimum Gasteiger partial charge on any atom is -0.459 e. The van der Waals surface area contributed by atoms with Gasteiger partial charge in [-0.25, -0.2) is 9.18 Å². The molecule has 1 aromatic carbocycles. The Bertz CT molecular complexity index is 474. The highest BCUT2D eigenvalue weighted by Crippen LogP contribution is 2.17. The normalized spacial score (nSPS) is 22.2. The van der Waals surface area contributed by atoms with E-state index < -0.39 is 12.1 Å². The summed E-state index contributed by atoms with van der Waals surface area (Å²) in [6.45, 7) is 0.0907. The van der Waals surface area contributed by atoms with Gasteiger partial charge in [-0.3, -0.25) is 4.79 Å². The number of rotatable bonds is 4. The van der Waals surface area contributed by atoms with Crippen LogP contribution in [-0.2, 0) is 9.47 Å². The molecule has 0 spiro atoms. The largest absolute Gasteiger partial charge is 0.459 e. The SMILES string of the molecule is O=C(S)c1ccc(C(=O)OC[C@@H]2C[C@H](F)CO2)cc1. The van der Waals surface area contributed by atoms with Gasteiger partial charge in [0.25, 0.3) is 0 Å². The average molecular weight is 284 g/mol. The molecule has 0 radical (unpaired) electrons. The molecular formula is C13H13FO4S. The van der Waals surface area contributed by atoms with Gasteiger partial charge in [0.1, 0.15) is 12.8 Å². The second-order valence-electron chi connectivity index (χ2n) is 4.27. The van der Waals surface area contributed by atoms with E-state index in [1.54, 1.807) is 0 Å². The van der Waals surface area contributed by atoms with Crippen LogP contribution in [0, 0.1) is 0 Å². The van der Waals surface area contributed by atoms with Gasteiger partial charge in [-0.1, -0.05) is 0 Å². The molecule has 0 N–H and O–H groups in total. The molecular weight excluding hydrogens is 271 g/mol. The zero-order valence-electron chi connectivity index (χ0n) is 10.0. The van der Waals surface area contributed by atoms with E-state index in [4.69, 9.17) is 9.47 Å². The molecule has 1 heterocycles. The molecule has 102 valence electrons. The summed E-state index contributed by atoms with van der Waals surface area (Å²) < 4.78 is 23.0. The molecule has 1 aromatic rings. The van der Waals surface area contributed by atoms with E-state index in [2.05, 4.69) is 12.6 Å². The van der Waals surface area contributed by atoms with E-state index in [1.807, 2.05) is 0 Å². The summed E-state index contributed by atoms with van der Waals surface area (Å²) in [5, 5.41) is -0.367. The number of hydrogen-bond donors (Lipinski definition) is 1. The highest BCUT2D eigenvalue weighted by molar-refractivity contribution is 7.97. The van der Waals surface area contributed by atoms with Crippen molar-refractivity contribution in [1.82, 2.24) is 0 Å². The van der Waals surface area contributed by atoms with E-state index in [9.17, 15) is 14.0 Å². The van der Waals surface area contributed by atoms with E-state index in [0.29, 0.717) is 11.1 Å². The molecule has 1 aliphatic rings. The number of thiol groups is 1. The van der Waals surface area contributed by atoms with E-state index in [1.165, 1.54) is 24.3 Å². The Kier molecular flexibility index (Phi) is 4.55. The van der Waals surface area contributed by atoms with Gasteiger partial charge in [0, 0.05) is 12.0 Å². The van der Waals surface area contributed by atoms with Gasteiger partial charge in [0.2, 0.25) is 5.12 Å². The number of alkyl halides is 1. The van der Waals surface area contributed by atoms with Crippen molar-refractivity contribution in [2.75, 3.05) is 13.2 Å². The fourth-order valence-electron chi connectivity index (χ4n) is 1.78. The summed E-state index contributed by atoms with van der Waals surface area (Å²) in [6.07, 6.45) is -1.11. The highest BCUT2D eigenvalue weighted by atomic mass is 32.1. The Labute approximate surface area is 115 Å². The molecule has 4 nitrogen and oxygen atoms in total. The van der Waals surface area contributed by atoms with Crippen molar-refractivity contribution in [3.63, 3.8) is 0 Å². The van der Waals surface area contributed by atoms with Gasteiger partial charge in [0.15, 0.2) is 0 Å². The highest BCUT2D eigenvalue weighted by Gasteiger charge is 2.26. The standard InChI is InChI=1S/C13H13FO4S/c14-10-5-11(17-6-10)7-18-12(15)8-1-3-9(4-2-8)13(16)19/h1-4,10-11H,5-7H2,(H,16,19)/t10-,11-/m0/s1. The van der Waals surface area contributed by atoms with Crippen LogP contribution in [0.25, 0.3) is 0 Å². The quantitative estimate of drug-likeness (QED) is 0.679. The van der Waals surface area contributed by atoms with Crippen molar-refractivity contribution >= 4 is 23.7 Å². The lowest BCUT2D eigenvalue weighted by Gasteiger charge is -2.10. The molecule has 2 atom stereocenters. The van der Waals surface area contributed by atoms with Crippen LogP contribution >= 0.6 is 12.6 Å². The zero-order valence-corrected chi connectivity index (χ0v) is 10.9. The number of hydrogen-bond acceptors (Lipinski definition) is 4. The Morgan fingerprint density at radius 2 is 1.95 bits per heavy atom. The number of carbonyl (C=O) groups excluding carboxylic acids is 2. The molecule has 1 fully saturated rings. The third kappa shape index (κ3) is 3.78. The first-order chi connectivity index (χ1) is 9.06. The van der Waals surface area contributed by atoms with Crippen LogP contribution in [0.3, 0.4) is 0 Å². The summed E-state index contributed by atoms with van der Waals surface area (Å²) in [4.78, 5) is 22.6. The Morgan fingerprint density at radius 3 is 2.47 bits per heavy atom. The Balaban J connectivity index is 1.87. The second-order valence-corrected chi connectivity index (χ2v) is 4.68. The maximum absolute atomic E-state index is 12.8. The van der Waals surface area contributed by atoms with Crippen LogP contribution in [0.4, 0.5) is 4.39 Å². The van der Waals surface area contributed by atoms with Crippen LogP contribution in [0.1, 0.15) is 27.1 Å². The molecule has 0 unspecified atom stereocenters. The number of ether oxygens (including phenoxy) is 2. The van der Waals surface area contributed by atoms with Gasteiger partial charge in [-0.15, -0.1) is 12.6 Å². The Morgan fingerprint density at radius 1 is 1.32 bits per heavy atom. The molecule has 2 rings (SSSR count). The van der Waals surface area contributed by atoms with Crippen LogP contribution in [0.15, 0.2) is 24.3 Å². The number of carbonyl (C=O) groups is 2. The third-order valence-corrected chi connectivity index (χ3v) is 3.06. The fourth-order valence-corrected chi connectivity index (χ4v) is 1.93. The lowest BCUT2D eigenvalue weighted by atomic mass is 10.1. The number of esters is 1. The summed E-state index contributed by atoms with van der Waals surface area (Å²) >= 11 is 3.68. The maximum atomic E-state index is 12.8. The van der Waals surface area contributed by atoms with Crippen LogP contribution in [-0.4, -0.2) is 36.6 Å². The predicted octanol–water partition coefficient (Wildman–Crippen LogP) is 2.04. The van der Waals surface area contributed by atoms with E-state index >= 15 is 0 Å². The molecule has 0 aliphatic carbocycles. The lowest BCUT2D eigenvalue weighted by molar-refractivity contribution is 0.0155. The summed E-state index contributed by atoms with van der Waals surface area (Å²) in [5.74, 6) is -0.524. The van der Waals surface area contributed by atoms with E-state index in [0.717, 1.165) is 0 Å². The first kappa shape index (κ1) is 14.0. The van der Waals surface area contributed by atoms with Gasteiger partial charge in [-0.05, 0) is 24.3 Å². The Hall–Kier alpha value is -1.40. The zero-order chi connectivity index (χ0) is 13.8. The smallest absolute Gasteiger partial charge is 0.338 e. The molecule has 0 bridgehead atoms. The van der Waals surface area contributed by atoms with Gasteiger partial charge in [0.05, 0.1) is 18.3 Å². The van der Waals surface area contributed by atoms with Crippen molar-refractivity contribution in [2.45, 2.75) is 18.7 Å². The monoisotopic (exact) mass is 284 g/mol. The molecule has 1 aliphatic heterocycles. The second kappa shape index (κ2) is 6.16. The summed E-state index contributed by atoms with van der Waals surface area (Å²) in [7, 11) is 0. The third-order valence-electron chi connectivity index (χ3n) is 2.80. The lowest BCUT2D eigenvalue weighted by Crippen LogP contribution is -2.18. The first-order valence-electron chi connectivity index (χ1n) is 5.82. The van der Waals surface area contributed by atoms with Gasteiger partial charge in [-0.2, -0.15) is 0 Å². The minimum absolute atomic E-state index is 0.0342. The molecule has 0 amide bonds. The van der Waals surface area contributed by atoms with Crippen molar-refractivity contribution in [1.29, 1.82) is 0 Å². The number of halogens is 1. The topological polar surface area (TPSA) is 52.6 Å². The summed E-state index contributed by atoms with van der Waals surface area (Å²) in [6, 6.07) is 5.96. The van der Waals surface area contributed by atoms with Crippen LogP contribution in [0.2, 0.25) is 0 Å². The van der Waals surface area contributed by atoms with Crippen LogP contribution in [0.5, 0.6) is 0 Å². The van der Waals surface area contributed by atoms with Gasteiger partial charge >= 0.3 is 5.97 Å². The van der Waals surface area contributed by atoms with Gasteiger partial charge < -0.3 is 9.47 Å². The van der Waals surface area contributed by atoms with Crippen molar-refractivity contribution < 1.29 is 23.5 Å². The van der Waals surface area contributed by atoms with Crippen molar-refractivity contribution in [3.05, 3.63) is 35.4 Å². The predicted molar refractivity (Wildman–Crippen MR) is 69.3 cm³/mol. The molecule has 19 heavy (non-hydrogen) atoms. The molecule has 1 saturated heterocycles. The number of benzene rings is 1. The van der Waals surface area contributed by atoms with Crippen molar-refractivity contribution in [3.8, 4) is 0 Å². The minimum atomic E-state index is -0.982. The first-order valence-corrected chi connectivity index (χ1v) is 6.27. The average Bonchev–Trinajstić information content (AvgIpc) is 2.82. The van der Waals surface area contributed by atoms with E-state index in [-0.39, 0.29) is 30.9 Å². The maximum Gasteiger partial charge on any atom is 0.338 e. The van der Waals surface area contributed by atoms with Crippen LogP contribution < -0.4 is 0 Å². The molecule has 6 heteroatoms.